The summed E-state index contributed by atoms with van der Waals surface area (Å²) in [5.41, 5.74) is 10.3. The van der Waals surface area contributed by atoms with Crippen LogP contribution >= 0.6 is 0 Å². The summed E-state index contributed by atoms with van der Waals surface area (Å²) in [4.78, 5) is 0. The van der Waals surface area contributed by atoms with Gasteiger partial charge in [0, 0.05) is 0 Å². The standard InChI is InChI=1S/C40H28/c1-25-20-26(2)22-32(21-25)33-16-12-28-15-19-36-34(17-13-29-14-18-35(33)39(28)40(29)36)38-24-31-11-7-6-10-30(31)23-37(38)27-8-4-3-5-9-27/h3-24H,1-2H3. The molecule has 0 aliphatic heterocycles. The van der Waals surface area contributed by atoms with Gasteiger partial charge in [-0.05, 0) is 102 Å². The zero-order valence-corrected chi connectivity index (χ0v) is 22.7. The second-order valence-corrected chi connectivity index (χ2v) is 11.1. The van der Waals surface area contributed by atoms with Crippen molar-refractivity contribution in [1.82, 2.24) is 0 Å². The predicted molar refractivity (Wildman–Crippen MR) is 173 cm³/mol. The van der Waals surface area contributed by atoms with Crippen LogP contribution in [0.3, 0.4) is 0 Å². The van der Waals surface area contributed by atoms with Gasteiger partial charge in [-0.3, -0.25) is 0 Å². The van der Waals surface area contributed by atoms with Gasteiger partial charge in [-0.25, -0.2) is 0 Å². The Hall–Kier alpha value is -4.94. The fourth-order valence-electron chi connectivity index (χ4n) is 6.74. The lowest BCUT2D eigenvalue weighted by atomic mass is 9.85. The molecule has 8 aromatic carbocycles. The smallest absolute Gasteiger partial charge is 0.00203 e. The Labute approximate surface area is 234 Å². The molecule has 0 saturated carbocycles. The van der Waals surface area contributed by atoms with Crippen LogP contribution in [0, 0.1) is 13.8 Å². The average molecular weight is 509 g/mol. The Kier molecular flexibility index (Phi) is 5.06. The first-order valence-electron chi connectivity index (χ1n) is 14.0. The molecule has 0 heteroatoms. The third kappa shape index (κ3) is 3.53. The molecule has 188 valence electrons. The molecule has 0 amide bonds. The van der Waals surface area contributed by atoms with Crippen LogP contribution in [0.5, 0.6) is 0 Å². The fourth-order valence-corrected chi connectivity index (χ4v) is 6.74. The summed E-state index contributed by atoms with van der Waals surface area (Å²) in [6.45, 7) is 4.37. The van der Waals surface area contributed by atoms with Crippen LogP contribution in [-0.4, -0.2) is 0 Å². The molecule has 0 fully saturated rings. The predicted octanol–water partition coefficient (Wildman–Crippen LogP) is 11.4. The molecule has 0 saturated heterocycles. The van der Waals surface area contributed by atoms with Crippen molar-refractivity contribution in [2.24, 2.45) is 0 Å². The summed E-state index contributed by atoms with van der Waals surface area (Å²) in [5, 5.41) is 10.4. The third-order valence-electron chi connectivity index (χ3n) is 8.46. The van der Waals surface area contributed by atoms with E-state index in [4.69, 9.17) is 0 Å². The van der Waals surface area contributed by atoms with Gasteiger partial charge >= 0.3 is 0 Å². The molecule has 0 unspecified atom stereocenters. The lowest BCUT2D eigenvalue weighted by molar-refractivity contribution is 1.39. The van der Waals surface area contributed by atoms with E-state index in [0.29, 0.717) is 0 Å². The molecule has 0 aromatic heterocycles. The fraction of sp³-hybridized carbons (Fsp3) is 0.0500. The SMILES string of the molecule is Cc1cc(C)cc(-c2ccc3ccc4c(-c5cc6ccccc6cc5-c5ccccc5)ccc5ccc2c3c54)c1. The first-order chi connectivity index (χ1) is 19.6. The highest BCUT2D eigenvalue weighted by Gasteiger charge is 2.17. The molecule has 0 bridgehead atoms. The molecule has 0 spiro atoms. The van der Waals surface area contributed by atoms with Crippen LogP contribution in [-0.2, 0) is 0 Å². The largest absolute Gasteiger partial charge is 0.0622 e. The van der Waals surface area contributed by atoms with E-state index in [1.807, 2.05) is 0 Å². The van der Waals surface area contributed by atoms with E-state index < -0.39 is 0 Å². The van der Waals surface area contributed by atoms with E-state index in [-0.39, 0.29) is 0 Å². The van der Waals surface area contributed by atoms with Crippen LogP contribution in [0.1, 0.15) is 11.1 Å². The number of hydrogen-bond donors (Lipinski definition) is 0. The third-order valence-corrected chi connectivity index (χ3v) is 8.46. The van der Waals surface area contributed by atoms with Crippen molar-refractivity contribution in [3.05, 3.63) is 145 Å². The molecule has 8 aromatic rings. The van der Waals surface area contributed by atoms with Crippen LogP contribution in [0.15, 0.2) is 133 Å². The number of fused-ring (bicyclic) bond motifs is 1. The van der Waals surface area contributed by atoms with Gasteiger partial charge in [0.15, 0.2) is 0 Å². The summed E-state index contributed by atoms with van der Waals surface area (Å²) in [6, 6.07) is 49.6. The van der Waals surface area contributed by atoms with Crippen molar-refractivity contribution in [2.45, 2.75) is 13.8 Å². The highest BCUT2D eigenvalue weighted by Crippen LogP contribution is 2.45. The minimum absolute atomic E-state index is 1.24. The van der Waals surface area contributed by atoms with Gasteiger partial charge in [-0.1, -0.05) is 132 Å². The number of benzene rings is 8. The minimum atomic E-state index is 1.24. The first kappa shape index (κ1) is 23.0. The van der Waals surface area contributed by atoms with E-state index in [1.165, 1.54) is 87.6 Å². The van der Waals surface area contributed by atoms with Gasteiger partial charge in [0.25, 0.3) is 0 Å². The van der Waals surface area contributed by atoms with Gasteiger partial charge in [0.2, 0.25) is 0 Å². The van der Waals surface area contributed by atoms with E-state index in [2.05, 4.69) is 147 Å². The van der Waals surface area contributed by atoms with Crippen molar-refractivity contribution in [2.75, 3.05) is 0 Å². The lowest BCUT2D eigenvalue weighted by Crippen LogP contribution is -1.92. The number of rotatable bonds is 3. The second kappa shape index (κ2) is 8.79. The molecule has 0 aliphatic rings. The average Bonchev–Trinajstić information content (AvgIpc) is 2.99. The molecule has 0 N–H and O–H groups in total. The lowest BCUT2D eigenvalue weighted by Gasteiger charge is -2.19. The number of hydrogen-bond acceptors (Lipinski definition) is 0. The Morgan fingerprint density at radius 3 is 1.50 bits per heavy atom. The molecule has 0 nitrogen and oxygen atoms in total. The molecular formula is C40H28. The Bertz CT molecular complexity index is 2200. The van der Waals surface area contributed by atoms with Crippen LogP contribution < -0.4 is 0 Å². The van der Waals surface area contributed by atoms with E-state index in [0.717, 1.165) is 0 Å². The summed E-state index contributed by atoms with van der Waals surface area (Å²) in [6.07, 6.45) is 0. The van der Waals surface area contributed by atoms with Crippen LogP contribution in [0.25, 0.3) is 76.5 Å². The molecule has 40 heavy (non-hydrogen) atoms. The molecular weight excluding hydrogens is 480 g/mol. The summed E-state index contributed by atoms with van der Waals surface area (Å²) >= 11 is 0. The monoisotopic (exact) mass is 508 g/mol. The van der Waals surface area contributed by atoms with Crippen molar-refractivity contribution < 1.29 is 0 Å². The Morgan fingerprint density at radius 1 is 0.325 bits per heavy atom. The highest BCUT2D eigenvalue weighted by atomic mass is 14.2. The molecule has 0 radical (unpaired) electrons. The van der Waals surface area contributed by atoms with Crippen LogP contribution in [0.2, 0.25) is 0 Å². The van der Waals surface area contributed by atoms with Gasteiger partial charge in [0.05, 0.1) is 0 Å². The van der Waals surface area contributed by atoms with Crippen molar-refractivity contribution in [1.29, 1.82) is 0 Å². The van der Waals surface area contributed by atoms with E-state index in [1.54, 1.807) is 0 Å². The highest BCUT2D eigenvalue weighted by molar-refractivity contribution is 6.28. The van der Waals surface area contributed by atoms with Crippen molar-refractivity contribution in [3.8, 4) is 33.4 Å². The molecule has 8 rings (SSSR count). The van der Waals surface area contributed by atoms with Gasteiger partial charge in [0.1, 0.15) is 0 Å². The van der Waals surface area contributed by atoms with E-state index in [9.17, 15) is 0 Å². The van der Waals surface area contributed by atoms with Crippen molar-refractivity contribution in [3.63, 3.8) is 0 Å². The first-order valence-corrected chi connectivity index (χ1v) is 14.0. The number of aryl methyl sites for hydroxylation is 2. The van der Waals surface area contributed by atoms with Gasteiger partial charge < -0.3 is 0 Å². The van der Waals surface area contributed by atoms with Crippen LogP contribution in [0.4, 0.5) is 0 Å². The van der Waals surface area contributed by atoms with Gasteiger partial charge in [-0.2, -0.15) is 0 Å². The zero-order valence-electron chi connectivity index (χ0n) is 22.7. The van der Waals surface area contributed by atoms with Gasteiger partial charge in [-0.15, -0.1) is 0 Å². The topological polar surface area (TPSA) is 0 Å². The summed E-state index contributed by atoms with van der Waals surface area (Å²) < 4.78 is 0. The maximum Gasteiger partial charge on any atom is -0.00203 e. The summed E-state index contributed by atoms with van der Waals surface area (Å²) in [5.74, 6) is 0. The summed E-state index contributed by atoms with van der Waals surface area (Å²) in [7, 11) is 0. The quantitative estimate of drug-likeness (QED) is 0.208. The Morgan fingerprint density at radius 2 is 0.850 bits per heavy atom. The molecule has 0 atom stereocenters. The maximum absolute atomic E-state index is 2.38. The second-order valence-electron chi connectivity index (χ2n) is 11.1. The maximum atomic E-state index is 2.38. The normalized spacial score (nSPS) is 11.8. The molecule has 0 aliphatic carbocycles. The molecule has 0 heterocycles. The Balaban J connectivity index is 1.46. The van der Waals surface area contributed by atoms with E-state index >= 15 is 0 Å². The van der Waals surface area contributed by atoms with Crippen molar-refractivity contribution >= 4 is 43.1 Å². The zero-order chi connectivity index (χ0) is 26.8. The minimum Gasteiger partial charge on any atom is -0.0622 e.